The molecule has 0 radical (unpaired) electrons. The number of rotatable bonds is 2. The Morgan fingerprint density at radius 1 is 0.914 bits per heavy atom. The van der Waals surface area contributed by atoms with Crippen molar-refractivity contribution >= 4 is 34.9 Å². The van der Waals surface area contributed by atoms with Crippen LogP contribution >= 0.6 is 0 Å². The fourth-order valence-electron chi connectivity index (χ4n) is 5.97. The number of fused-ring (bicyclic) bond motifs is 5. The number of carbonyl (C=O) groups excluding carboxylic acids is 2. The van der Waals surface area contributed by atoms with Crippen LogP contribution in [0.1, 0.15) is 40.5 Å². The molecule has 0 N–H and O–H groups in total. The smallest absolute Gasteiger partial charge is 0.400 e. The van der Waals surface area contributed by atoms with Crippen molar-refractivity contribution in [3.8, 4) is 0 Å². The number of carbonyl (C=O) groups is 2. The van der Waals surface area contributed by atoms with Crippen LogP contribution in [0.25, 0.3) is 10.8 Å². The third kappa shape index (κ3) is 3.19. The topological polar surface area (TPSA) is 71.1 Å². The maximum atomic E-state index is 13.9. The first-order chi connectivity index (χ1) is 17.0. The van der Waals surface area contributed by atoms with Gasteiger partial charge in [-0.1, -0.05) is 54.6 Å². The van der Waals surface area contributed by atoms with Crippen LogP contribution in [0.4, 0.5) is 0 Å². The molecule has 0 spiro atoms. The van der Waals surface area contributed by atoms with Crippen LogP contribution in [-0.4, -0.2) is 49.4 Å². The molecule has 4 aliphatic rings. The minimum atomic E-state index is -0.836. The SMILES string of the molecule is C[C@@H]1OC[C@H](C23CC4=C(C(=O)c5cc6ccccc6cc5C4=O)C(C2)OB(c2ccccc2)O3)O1. The largest absolute Gasteiger partial charge is 0.494 e. The fourth-order valence-corrected chi connectivity index (χ4v) is 5.97. The first kappa shape index (κ1) is 21.2. The van der Waals surface area contributed by atoms with Crippen LogP contribution in [0.5, 0.6) is 0 Å². The summed E-state index contributed by atoms with van der Waals surface area (Å²) in [5.41, 5.74) is 1.85. The van der Waals surface area contributed by atoms with Crippen LogP contribution in [0, 0.1) is 0 Å². The highest BCUT2D eigenvalue weighted by Crippen LogP contribution is 2.49. The normalized spacial score (nSPS) is 30.0. The first-order valence-electron chi connectivity index (χ1n) is 12.0. The van der Waals surface area contributed by atoms with Crippen molar-refractivity contribution in [2.24, 2.45) is 0 Å². The second-order valence-electron chi connectivity index (χ2n) is 9.75. The molecule has 3 aromatic rings. The van der Waals surface area contributed by atoms with E-state index in [1.165, 1.54) is 0 Å². The van der Waals surface area contributed by atoms with Crippen molar-refractivity contribution in [1.82, 2.24) is 0 Å². The Balaban J connectivity index is 1.37. The van der Waals surface area contributed by atoms with Gasteiger partial charge in [0.15, 0.2) is 17.9 Å². The van der Waals surface area contributed by atoms with Gasteiger partial charge in [0.05, 0.1) is 18.3 Å². The number of benzene rings is 3. The Kier molecular flexibility index (Phi) is 4.67. The standard InChI is InChI=1S/C28H23BO6/c1-16-32-15-24(33-16)28-13-22-25(23(14-28)34-29(35-28)19-9-3-2-4-10-19)27(31)21-12-18-8-6-5-7-17(18)11-20(21)26(22)30/h2-12,16,23-24H,13-15H2,1H3/t16-,23?,24-,28?/m1/s1. The molecule has 2 saturated heterocycles. The van der Waals surface area contributed by atoms with E-state index >= 15 is 0 Å². The van der Waals surface area contributed by atoms with E-state index in [9.17, 15) is 9.59 Å². The van der Waals surface area contributed by atoms with E-state index in [4.69, 9.17) is 18.8 Å². The molecule has 0 saturated carbocycles. The Morgan fingerprint density at radius 3 is 2.29 bits per heavy atom. The molecule has 7 rings (SSSR count). The quantitative estimate of drug-likeness (QED) is 0.538. The Bertz CT molecular complexity index is 1420. The lowest BCUT2D eigenvalue weighted by Gasteiger charge is -2.51. The summed E-state index contributed by atoms with van der Waals surface area (Å²) in [5.74, 6) is -0.267. The Labute approximate surface area is 203 Å². The van der Waals surface area contributed by atoms with Crippen molar-refractivity contribution in [3.63, 3.8) is 0 Å². The highest BCUT2D eigenvalue weighted by Gasteiger charge is 2.58. The third-order valence-corrected chi connectivity index (χ3v) is 7.67. The van der Waals surface area contributed by atoms with Gasteiger partial charge in [-0.3, -0.25) is 9.59 Å². The van der Waals surface area contributed by atoms with E-state index in [1.807, 2.05) is 73.7 Å². The number of Topliss-reactive ketones (excluding diaryl/α,β-unsaturated/α-hetero) is 2. The van der Waals surface area contributed by atoms with Gasteiger partial charge in [0.2, 0.25) is 0 Å². The predicted molar refractivity (Wildman–Crippen MR) is 130 cm³/mol. The Morgan fingerprint density at radius 2 is 1.60 bits per heavy atom. The van der Waals surface area contributed by atoms with E-state index in [-0.39, 0.29) is 30.4 Å². The van der Waals surface area contributed by atoms with Gasteiger partial charge in [0, 0.05) is 35.1 Å². The molecule has 2 aliphatic carbocycles. The van der Waals surface area contributed by atoms with Crippen molar-refractivity contribution in [1.29, 1.82) is 0 Å². The van der Waals surface area contributed by atoms with Gasteiger partial charge in [-0.2, -0.15) is 0 Å². The maximum Gasteiger partial charge on any atom is 0.494 e. The summed E-state index contributed by atoms with van der Waals surface area (Å²) in [6, 6.07) is 21.1. The van der Waals surface area contributed by atoms with Crippen LogP contribution in [0.3, 0.4) is 0 Å². The lowest BCUT2D eigenvalue weighted by Crippen LogP contribution is -2.63. The van der Waals surface area contributed by atoms with E-state index < -0.39 is 18.8 Å². The number of hydrogen-bond donors (Lipinski definition) is 0. The van der Waals surface area contributed by atoms with E-state index in [2.05, 4.69) is 0 Å². The van der Waals surface area contributed by atoms with E-state index in [0.29, 0.717) is 35.3 Å². The average Bonchev–Trinajstić information content (AvgIpc) is 3.33. The molecule has 2 heterocycles. The lowest BCUT2D eigenvalue weighted by atomic mass is 9.64. The third-order valence-electron chi connectivity index (χ3n) is 7.67. The monoisotopic (exact) mass is 466 g/mol. The number of ketones is 2. The summed E-state index contributed by atoms with van der Waals surface area (Å²) in [4.78, 5) is 27.7. The molecule has 4 atom stereocenters. The average molecular weight is 466 g/mol. The molecule has 35 heavy (non-hydrogen) atoms. The van der Waals surface area contributed by atoms with Crippen LogP contribution in [-0.2, 0) is 18.8 Å². The van der Waals surface area contributed by atoms with Crippen LogP contribution in [0.15, 0.2) is 77.9 Å². The van der Waals surface area contributed by atoms with Crippen LogP contribution < -0.4 is 5.46 Å². The summed E-state index contributed by atoms with van der Waals surface area (Å²) >= 11 is 0. The van der Waals surface area contributed by atoms with Crippen molar-refractivity contribution < 1.29 is 28.4 Å². The summed E-state index contributed by atoms with van der Waals surface area (Å²) in [6.07, 6.45) is -0.597. The van der Waals surface area contributed by atoms with Gasteiger partial charge in [-0.25, -0.2) is 0 Å². The lowest BCUT2D eigenvalue weighted by molar-refractivity contribution is -0.139. The number of hydrogen-bond acceptors (Lipinski definition) is 6. The molecule has 3 aromatic carbocycles. The zero-order chi connectivity index (χ0) is 23.7. The molecule has 2 bridgehead atoms. The minimum absolute atomic E-state index is 0.133. The fraction of sp³-hybridized carbons (Fsp3) is 0.286. The molecule has 6 nitrogen and oxygen atoms in total. The van der Waals surface area contributed by atoms with Crippen LogP contribution in [0.2, 0.25) is 0 Å². The number of ether oxygens (including phenoxy) is 2. The second kappa shape index (κ2) is 7.70. The molecule has 2 fully saturated rings. The summed E-state index contributed by atoms with van der Waals surface area (Å²) in [7, 11) is -0.676. The van der Waals surface area contributed by atoms with Gasteiger partial charge >= 0.3 is 7.12 Å². The highest BCUT2D eigenvalue weighted by atomic mass is 16.7. The molecule has 2 unspecified atom stereocenters. The van der Waals surface area contributed by atoms with Gasteiger partial charge in [-0.15, -0.1) is 0 Å². The van der Waals surface area contributed by atoms with E-state index in [0.717, 1.165) is 16.2 Å². The molecular weight excluding hydrogens is 443 g/mol. The van der Waals surface area contributed by atoms with Crippen molar-refractivity contribution in [3.05, 3.63) is 89.0 Å². The molecule has 7 heteroatoms. The molecule has 2 aliphatic heterocycles. The second-order valence-corrected chi connectivity index (χ2v) is 9.75. The summed E-state index contributed by atoms with van der Waals surface area (Å²) in [6.45, 7) is 2.22. The van der Waals surface area contributed by atoms with Gasteiger partial charge in [0.25, 0.3) is 0 Å². The Hall–Kier alpha value is -3.10. The van der Waals surface area contributed by atoms with E-state index in [1.54, 1.807) is 0 Å². The minimum Gasteiger partial charge on any atom is -0.400 e. The molecular formula is C28H23BO6. The summed E-state index contributed by atoms with van der Waals surface area (Å²) in [5, 5.41) is 1.86. The highest BCUT2D eigenvalue weighted by molar-refractivity contribution is 6.61. The molecule has 0 amide bonds. The summed E-state index contributed by atoms with van der Waals surface area (Å²) < 4.78 is 24.9. The van der Waals surface area contributed by atoms with Gasteiger partial charge in [0.1, 0.15) is 6.10 Å². The zero-order valence-electron chi connectivity index (χ0n) is 19.2. The zero-order valence-corrected chi connectivity index (χ0v) is 19.2. The molecule has 174 valence electrons. The maximum absolute atomic E-state index is 13.9. The van der Waals surface area contributed by atoms with Crippen molar-refractivity contribution in [2.75, 3.05) is 6.61 Å². The molecule has 0 aromatic heterocycles. The van der Waals surface area contributed by atoms with Crippen molar-refractivity contribution in [2.45, 2.75) is 43.9 Å². The van der Waals surface area contributed by atoms with Gasteiger partial charge in [-0.05, 0) is 35.3 Å². The predicted octanol–water partition coefficient (Wildman–Crippen LogP) is 3.62. The van der Waals surface area contributed by atoms with Gasteiger partial charge < -0.3 is 18.8 Å². The first-order valence-corrected chi connectivity index (χ1v) is 12.0.